The first-order valence-corrected chi connectivity index (χ1v) is 3.76. The zero-order chi connectivity index (χ0) is 8.91. The van der Waals surface area contributed by atoms with Gasteiger partial charge in [-0.05, 0) is 19.8 Å². The zero-order valence-electron chi connectivity index (χ0n) is 7.17. The van der Waals surface area contributed by atoms with Gasteiger partial charge in [0, 0.05) is 6.61 Å². The van der Waals surface area contributed by atoms with E-state index in [1.165, 1.54) is 0 Å². The number of aliphatic imine (C=N–C) groups is 1. The van der Waals surface area contributed by atoms with Gasteiger partial charge in [0.05, 0.1) is 5.54 Å². The van der Waals surface area contributed by atoms with Gasteiger partial charge in [0.15, 0.2) is 5.96 Å². The number of aliphatic hydroxyl groups excluding tert-OH is 1. The fourth-order valence-corrected chi connectivity index (χ4v) is 0.864. The van der Waals surface area contributed by atoms with E-state index in [-0.39, 0.29) is 18.1 Å². The number of aliphatic hydroxyl groups is 1. The molecule has 0 rings (SSSR count). The Balaban J connectivity index is 4.21. The highest BCUT2D eigenvalue weighted by Gasteiger charge is 2.19. The van der Waals surface area contributed by atoms with E-state index in [1.807, 2.05) is 13.8 Å². The van der Waals surface area contributed by atoms with Crippen molar-refractivity contribution in [3.63, 3.8) is 0 Å². The van der Waals surface area contributed by atoms with E-state index in [4.69, 9.17) is 16.6 Å². The molecule has 0 aromatic heterocycles. The molecule has 0 saturated carbocycles. The summed E-state index contributed by atoms with van der Waals surface area (Å²) in [6.07, 6.45) is 1.42. The first kappa shape index (κ1) is 10.2. The molecule has 11 heavy (non-hydrogen) atoms. The van der Waals surface area contributed by atoms with Crippen LogP contribution in [0.2, 0.25) is 0 Å². The molecule has 0 spiro atoms. The molecule has 4 heteroatoms. The van der Waals surface area contributed by atoms with Gasteiger partial charge in [-0.15, -0.1) is 0 Å². The second-order valence-corrected chi connectivity index (χ2v) is 2.86. The minimum absolute atomic E-state index is 0.0859. The van der Waals surface area contributed by atoms with E-state index in [9.17, 15) is 0 Å². The fraction of sp³-hybridized carbons (Fsp3) is 0.857. The minimum atomic E-state index is -0.298. The van der Waals surface area contributed by atoms with Crippen LogP contribution >= 0.6 is 0 Å². The highest BCUT2D eigenvalue weighted by atomic mass is 16.3. The van der Waals surface area contributed by atoms with Crippen LogP contribution in [0.5, 0.6) is 0 Å². The van der Waals surface area contributed by atoms with Gasteiger partial charge in [0.2, 0.25) is 0 Å². The Labute approximate surface area is 67.3 Å². The fourth-order valence-electron chi connectivity index (χ4n) is 0.864. The lowest BCUT2D eigenvalue weighted by atomic mass is 9.96. The van der Waals surface area contributed by atoms with Crippen LogP contribution in [0.4, 0.5) is 0 Å². The molecule has 0 aliphatic heterocycles. The van der Waals surface area contributed by atoms with Gasteiger partial charge in [-0.2, -0.15) is 0 Å². The van der Waals surface area contributed by atoms with Crippen LogP contribution in [0.3, 0.4) is 0 Å². The minimum Gasteiger partial charge on any atom is -0.396 e. The van der Waals surface area contributed by atoms with E-state index in [0.29, 0.717) is 6.42 Å². The number of rotatable bonds is 4. The van der Waals surface area contributed by atoms with Gasteiger partial charge in [-0.1, -0.05) is 6.92 Å². The summed E-state index contributed by atoms with van der Waals surface area (Å²) < 4.78 is 0. The van der Waals surface area contributed by atoms with Crippen LogP contribution in [0.25, 0.3) is 0 Å². The maximum atomic E-state index is 8.69. The predicted molar refractivity (Wildman–Crippen MR) is 46.2 cm³/mol. The lowest BCUT2D eigenvalue weighted by Crippen LogP contribution is -2.31. The Kier molecular flexibility index (Phi) is 3.89. The molecule has 0 amide bonds. The molecule has 0 aliphatic rings. The third-order valence-electron chi connectivity index (χ3n) is 1.81. The molecule has 66 valence electrons. The summed E-state index contributed by atoms with van der Waals surface area (Å²) >= 11 is 0. The van der Waals surface area contributed by atoms with Crippen molar-refractivity contribution in [2.75, 3.05) is 6.61 Å². The Morgan fingerprint density at radius 3 is 2.36 bits per heavy atom. The number of nitrogens with zero attached hydrogens (tertiary/aromatic N) is 1. The molecule has 5 N–H and O–H groups in total. The van der Waals surface area contributed by atoms with Crippen LogP contribution in [0.15, 0.2) is 4.99 Å². The van der Waals surface area contributed by atoms with Crippen molar-refractivity contribution >= 4 is 5.96 Å². The second kappa shape index (κ2) is 4.18. The van der Waals surface area contributed by atoms with Crippen LogP contribution in [0.1, 0.15) is 26.7 Å². The number of nitrogens with two attached hydrogens (primary N) is 2. The van der Waals surface area contributed by atoms with E-state index in [2.05, 4.69) is 4.99 Å². The first-order valence-electron chi connectivity index (χ1n) is 3.76. The Morgan fingerprint density at radius 2 is 2.09 bits per heavy atom. The third-order valence-corrected chi connectivity index (χ3v) is 1.81. The van der Waals surface area contributed by atoms with E-state index < -0.39 is 0 Å². The average molecular weight is 159 g/mol. The van der Waals surface area contributed by atoms with Crippen LogP contribution in [0, 0.1) is 0 Å². The molecule has 4 nitrogen and oxygen atoms in total. The Hall–Kier alpha value is -0.770. The summed E-state index contributed by atoms with van der Waals surface area (Å²) in [6, 6.07) is 0. The summed E-state index contributed by atoms with van der Waals surface area (Å²) in [4.78, 5) is 4.03. The molecular weight excluding hydrogens is 142 g/mol. The van der Waals surface area contributed by atoms with Crippen molar-refractivity contribution in [1.29, 1.82) is 0 Å². The lowest BCUT2D eigenvalue weighted by molar-refractivity contribution is 0.244. The molecule has 1 atom stereocenters. The molecule has 0 aromatic carbocycles. The second-order valence-electron chi connectivity index (χ2n) is 2.86. The van der Waals surface area contributed by atoms with Crippen molar-refractivity contribution in [3.05, 3.63) is 0 Å². The molecule has 0 fully saturated rings. The molecule has 0 radical (unpaired) electrons. The topological polar surface area (TPSA) is 84.6 Å². The molecule has 0 aromatic rings. The van der Waals surface area contributed by atoms with Gasteiger partial charge in [0.25, 0.3) is 0 Å². The predicted octanol–water partition coefficient (Wildman–Crippen LogP) is -0.189. The molecule has 1 unspecified atom stereocenters. The molecule has 0 aliphatic carbocycles. The van der Waals surface area contributed by atoms with Gasteiger partial charge < -0.3 is 16.6 Å². The highest BCUT2D eigenvalue weighted by molar-refractivity contribution is 5.76. The summed E-state index contributed by atoms with van der Waals surface area (Å²) in [5, 5.41) is 8.69. The summed E-state index contributed by atoms with van der Waals surface area (Å²) in [5.41, 5.74) is 10.2. The molecule has 0 heterocycles. The van der Waals surface area contributed by atoms with Crippen LogP contribution in [-0.4, -0.2) is 23.2 Å². The molecule has 0 saturated heterocycles. The smallest absolute Gasteiger partial charge is 0.186 e. The Bertz CT molecular complexity index is 143. The monoisotopic (exact) mass is 159 g/mol. The maximum Gasteiger partial charge on any atom is 0.186 e. The van der Waals surface area contributed by atoms with Gasteiger partial charge in [-0.3, -0.25) is 0 Å². The van der Waals surface area contributed by atoms with E-state index >= 15 is 0 Å². The Morgan fingerprint density at radius 1 is 1.55 bits per heavy atom. The largest absolute Gasteiger partial charge is 0.396 e. The van der Waals surface area contributed by atoms with Crippen LogP contribution in [-0.2, 0) is 0 Å². The van der Waals surface area contributed by atoms with Crippen molar-refractivity contribution < 1.29 is 5.11 Å². The summed E-state index contributed by atoms with van der Waals surface area (Å²) in [7, 11) is 0. The SMILES string of the molecule is CCC(C)(CCO)N=C(N)N. The van der Waals surface area contributed by atoms with Gasteiger partial charge in [0.1, 0.15) is 0 Å². The lowest BCUT2D eigenvalue weighted by Gasteiger charge is -2.22. The van der Waals surface area contributed by atoms with Gasteiger partial charge >= 0.3 is 0 Å². The summed E-state index contributed by atoms with van der Waals surface area (Å²) in [6.45, 7) is 4.02. The molecular formula is C7H17N3O. The summed E-state index contributed by atoms with van der Waals surface area (Å²) in [5.74, 6) is 0.0859. The number of hydrogen-bond donors (Lipinski definition) is 3. The zero-order valence-corrected chi connectivity index (χ0v) is 7.17. The number of hydrogen-bond acceptors (Lipinski definition) is 2. The number of guanidine groups is 1. The standard InChI is InChI=1S/C7H17N3O/c1-3-7(2,4-5-11)10-6(8)9/h11H,3-5H2,1-2H3,(H4,8,9,10). The van der Waals surface area contributed by atoms with Crippen molar-refractivity contribution in [1.82, 2.24) is 0 Å². The third kappa shape index (κ3) is 3.83. The van der Waals surface area contributed by atoms with Crippen molar-refractivity contribution in [3.8, 4) is 0 Å². The first-order chi connectivity index (χ1) is 5.04. The van der Waals surface area contributed by atoms with E-state index in [1.54, 1.807) is 0 Å². The van der Waals surface area contributed by atoms with Crippen molar-refractivity contribution in [2.24, 2.45) is 16.5 Å². The van der Waals surface area contributed by atoms with Crippen molar-refractivity contribution in [2.45, 2.75) is 32.2 Å². The quantitative estimate of drug-likeness (QED) is 0.392. The maximum absolute atomic E-state index is 8.69. The normalized spacial score (nSPS) is 15.5. The van der Waals surface area contributed by atoms with Crippen LogP contribution < -0.4 is 11.5 Å². The average Bonchev–Trinajstić information content (AvgIpc) is 1.87. The highest BCUT2D eigenvalue weighted by Crippen LogP contribution is 2.18. The van der Waals surface area contributed by atoms with E-state index in [0.717, 1.165) is 6.42 Å². The van der Waals surface area contributed by atoms with Gasteiger partial charge in [-0.25, -0.2) is 4.99 Å². The molecule has 0 bridgehead atoms.